The van der Waals surface area contributed by atoms with E-state index in [1.54, 1.807) is 17.7 Å². The minimum absolute atomic E-state index is 0.0572. The number of benzene rings is 1. The molecule has 28 heavy (non-hydrogen) atoms. The minimum atomic E-state index is -0.850. The zero-order valence-electron chi connectivity index (χ0n) is 15.8. The van der Waals surface area contributed by atoms with Gasteiger partial charge in [0.15, 0.2) is 5.82 Å². The van der Waals surface area contributed by atoms with Gasteiger partial charge >= 0.3 is 7.12 Å². The van der Waals surface area contributed by atoms with Gasteiger partial charge in [-0.05, 0) is 37.4 Å². The molecule has 0 radical (unpaired) electrons. The van der Waals surface area contributed by atoms with Gasteiger partial charge in [-0.25, -0.2) is 0 Å². The predicted octanol–water partition coefficient (Wildman–Crippen LogP) is 2.61. The van der Waals surface area contributed by atoms with Crippen LogP contribution in [-0.2, 0) is 11.3 Å². The van der Waals surface area contributed by atoms with Crippen LogP contribution in [0.25, 0.3) is 0 Å². The number of nitrogens with one attached hydrogen (secondary N) is 1. The Bertz CT molecular complexity index is 877. The zero-order valence-corrected chi connectivity index (χ0v) is 15.8. The lowest BCUT2D eigenvalue weighted by atomic mass is 9.85. The SMILES string of the molecule is CB(O)OCc1cccc(Nc2nn(C3CCCC[C@@H]3C#N)cc2C(N)=O)c1. The van der Waals surface area contributed by atoms with E-state index >= 15 is 0 Å². The second kappa shape index (κ2) is 8.91. The van der Waals surface area contributed by atoms with Gasteiger partial charge in [0.05, 0.1) is 24.6 Å². The molecule has 1 heterocycles. The van der Waals surface area contributed by atoms with Gasteiger partial charge in [0.2, 0.25) is 0 Å². The maximum atomic E-state index is 11.9. The number of hydrogen-bond acceptors (Lipinski definition) is 6. The summed E-state index contributed by atoms with van der Waals surface area (Å²) in [5.41, 5.74) is 7.42. The largest absolute Gasteiger partial charge is 0.451 e. The average Bonchev–Trinajstić information content (AvgIpc) is 3.10. The number of carbonyl (C=O) groups excluding carboxylic acids is 1. The molecular formula is C19H24BN5O3. The summed E-state index contributed by atoms with van der Waals surface area (Å²) in [5.74, 6) is -0.335. The van der Waals surface area contributed by atoms with Crippen molar-refractivity contribution < 1.29 is 14.5 Å². The molecule has 0 spiro atoms. The number of aromatic nitrogens is 2. The Morgan fingerprint density at radius 3 is 3.00 bits per heavy atom. The van der Waals surface area contributed by atoms with Crippen molar-refractivity contribution >= 4 is 24.5 Å². The Kier molecular flexibility index (Phi) is 6.34. The van der Waals surface area contributed by atoms with E-state index in [0.717, 1.165) is 36.9 Å². The second-order valence-corrected chi connectivity index (χ2v) is 7.06. The van der Waals surface area contributed by atoms with Gasteiger partial charge in [0.25, 0.3) is 5.91 Å². The minimum Gasteiger partial charge on any atom is -0.427 e. The molecule has 8 nitrogen and oxygen atoms in total. The third-order valence-electron chi connectivity index (χ3n) is 4.91. The molecule has 0 bridgehead atoms. The van der Waals surface area contributed by atoms with Crippen LogP contribution in [0.1, 0.15) is 47.6 Å². The molecular weight excluding hydrogens is 357 g/mol. The summed E-state index contributed by atoms with van der Waals surface area (Å²) in [4.78, 5) is 11.9. The van der Waals surface area contributed by atoms with Crippen LogP contribution >= 0.6 is 0 Å². The van der Waals surface area contributed by atoms with Gasteiger partial charge in [-0.3, -0.25) is 9.48 Å². The van der Waals surface area contributed by atoms with Crippen LogP contribution in [0, 0.1) is 17.2 Å². The standard InChI is InChI=1S/C19H24BN5O3/c1-20(27)28-12-13-5-4-7-15(9-13)23-19-16(18(22)26)11-25(24-19)17-8-3-2-6-14(17)10-21/h4-5,7,9,11,14,17,27H,2-3,6,8,12H2,1H3,(H2,22,26)(H,23,24)/t14-,17?/m1/s1. The van der Waals surface area contributed by atoms with E-state index in [2.05, 4.69) is 16.5 Å². The van der Waals surface area contributed by atoms with Crippen LogP contribution in [0.4, 0.5) is 11.5 Å². The van der Waals surface area contributed by atoms with Crippen LogP contribution in [-0.4, -0.2) is 27.8 Å². The van der Waals surface area contributed by atoms with Crippen molar-refractivity contribution in [2.75, 3.05) is 5.32 Å². The number of nitriles is 1. The van der Waals surface area contributed by atoms with Gasteiger partial charge in [-0.2, -0.15) is 10.4 Å². The van der Waals surface area contributed by atoms with Gasteiger partial charge < -0.3 is 20.7 Å². The predicted molar refractivity (Wildman–Crippen MR) is 106 cm³/mol. The first-order valence-electron chi connectivity index (χ1n) is 9.42. The monoisotopic (exact) mass is 381 g/mol. The van der Waals surface area contributed by atoms with Gasteiger partial charge in [0.1, 0.15) is 5.56 Å². The molecule has 1 aromatic heterocycles. The van der Waals surface area contributed by atoms with Crippen molar-refractivity contribution in [3.8, 4) is 6.07 Å². The van der Waals surface area contributed by atoms with E-state index in [-0.39, 0.29) is 24.1 Å². The maximum Gasteiger partial charge on any atom is 0.451 e. The van der Waals surface area contributed by atoms with Gasteiger partial charge in [0, 0.05) is 11.9 Å². The molecule has 0 saturated heterocycles. The number of amides is 1. The molecule has 2 aromatic rings. The Morgan fingerprint density at radius 1 is 1.50 bits per heavy atom. The summed E-state index contributed by atoms with van der Waals surface area (Å²) in [6.07, 6.45) is 5.38. The fraction of sp³-hybridized carbons (Fsp3) is 0.421. The number of nitrogens with two attached hydrogens (primary N) is 1. The van der Waals surface area contributed by atoms with E-state index in [0.29, 0.717) is 5.82 Å². The lowest BCUT2D eigenvalue weighted by molar-refractivity contribution is 0.100. The van der Waals surface area contributed by atoms with Crippen LogP contribution in [0.3, 0.4) is 0 Å². The third-order valence-corrected chi connectivity index (χ3v) is 4.91. The molecule has 9 heteroatoms. The molecule has 1 aromatic carbocycles. The number of hydrogen-bond donors (Lipinski definition) is 3. The molecule has 4 N–H and O–H groups in total. The second-order valence-electron chi connectivity index (χ2n) is 7.06. The molecule has 1 unspecified atom stereocenters. The van der Waals surface area contributed by atoms with Crippen molar-refractivity contribution in [3.05, 3.63) is 41.6 Å². The Morgan fingerprint density at radius 2 is 2.29 bits per heavy atom. The van der Waals surface area contributed by atoms with Crippen molar-refractivity contribution in [1.82, 2.24) is 9.78 Å². The maximum absolute atomic E-state index is 11.9. The van der Waals surface area contributed by atoms with Crippen molar-refractivity contribution in [2.45, 2.75) is 45.2 Å². The molecule has 0 aliphatic heterocycles. The smallest absolute Gasteiger partial charge is 0.427 e. The van der Waals surface area contributed by atoms with Crippen LogP contribution < -0.4 is 11.1 Å². The normalized spacial score (nSPS) is 19.0. The summed E-state index contributed by atoms with van der Waals surface area (Å²) < 4.78 is 6.91. The highest BCUT2D eigenvalue weighted by Gasteiger charge is 2.28. The van der Waals surface area contributed by atoms with E-state index in [9.17, 15) is 15.1 Å². The number of rotatable bonds is 7. The fourth-order valence-corrected chi connectivity index (χ4v) is 3.51. The average molecular weight is 381 g/mol. The molecule has 1 aliphatic carbocycles. The van der Waals surface area contributed by atoms with Gasteiger partial charge in [-0.1, -0.05) is 25.0 Å². The summed E-state index contributed by atoms with van der Waals surface area (Å²) in [6, 6.07) is 9.72. The fourth-order valence-electron chi connectivity index (χ4n) is 3.51. The van der Waals surface area contributed by atoms with Crippen LogP contribution in [0.2, 0.25) is 6.82 Å². The van der Waals surface area contributed by atoms with E-state index in [1.807, 2.05) is 24.3 Å². The highest BCUT2D eigenvalue weighted by molar-refractivity contribution is 6.40. The topological polar surface area (TPSA) is 126 Å². The summed E-state index contributed by atoms with van der Waals surface area (Å²) in [5, 5.41) is 26.4. The summed E-state index contributed by atoms with van der Waals surface area (Å²) >= 11 is 0. The quantitative estimate of drug-likeness (QED) is 0.633. The number of nitrogens with zero attached hydrogens (tertiary/aromatic N) is 3. The number of primary amides is 1. The highest BCUT2D eigenvalue weighted by Crippen LogP contribution is 2.34. The van der Waals surface area contributed by atoms with Crippen LogP contribution in [0.5, 0.6) is 0 Å². The Balaban J connectivity index is 1.84. The van der Waals surface area contributed by atoms with Crippen molar-refractivity contribution in [3.63, 3.8) is 0 Å². The Hall–Kier alpha value is -2.83. The first kappa shape index (κ1) is 19.9. The highest BCUT2D eigenvalue weighted by atomic mass is 16.5. The van der Waals surface area contributed by atoms with Crippen molar-refractivity contribution in [1.29, 1.82) is 5.26 Å². The van der Waals surface area contributed by atoms with E-state index < -0.39 is 13.0 Å². The van der Waals surface area contributed by atoms with Gasteiger partial charge in [-0.15, -0.1) is 0 Å². The molecule has 1 fully saturated rings. The molecule has 146 valence electrons. The molecule has 1 amide bonds. The zero-order chi connectivity index (χ0) is 20.1. The number of anilines is 2. The summed E-state index contributed by atoms with van der Waals surface area (Å²) in [6.45, 7) is 1.81. The van der Waals surface area contributed by atoms with E-state index in [1.165, 1.54) is 0 Å². The van der Waals surface area contributed by atoms with Crippen LogP contribution in [0.15, 0.2) is 30.5 Å². The molecule has 1 saturated carbocycles. The summed E-state index contributed by atoms with van der Waals surface area (Å²) in [7, 11) is -0.850. The lowest BCUT2D eigenvalue weighted by Gasteiger charge is -2.26. The first-order valence-corrected chi connectivity index (χ1v) is 9.42. The van der Waals surface area contributed by atoms with E-state index in [4.69, 9.17) is 10.4 Å². The Labute approximate surface area is 164 Å². The number of carbonyl (C=O) groups is 1. The van der Waals surface area contributed by atoms with Crippen molar-refractivity contribution in [2.24, 2.45) is 11.7 Å². The molecule has 2 atom stereocenters. The molecule has 1 aliphatic rings. The molecule has 3 rings (SSSR count). The lowest BCUT2D eigenvalue weighted by Crippen LogP contribution is -2.22. The third kappa shape index (κ3) is 4.71. The first-order chi connectivity index (χ1) is 13.5.